The fourth-order valence-electron chi connectivity index (χ4n) is 2.82. The number of pyridine rings is 1. The zero-order valence-corrected chi connectivity index (χ0v) is 14.6. The number of hydrogen-bond acceptors (Lipinski definition) is 4. The van der Waals surface area contributed by atoms with Crippen molar-refractivity contribution in [2.45, 2.75) is 6.42 Å². The molecule has 2 aromatic carbocycles. The summed E-state index contributed by atoms with van der Waals surface area (Å²) in [6.07, 6.45) is 1.78. The van der Waals surface area contributed by atoms with E-state index in [0.29, 0.717) is 28.0 Å². The van der Waals surface area contributed by atoms with E-state index in [1.54, 1.807) is 42.5 Å². The van der Waals surface area contributed by atoms with Crippen molar-refractivity contribution in [1.29, 1.82) is 5.26 Å². The van der Waals surface area contributed by atoms with E-state index < -0.39 is 11.7 Å². The second kappa shape index (κ2) is 7.67. The molecular formula is C21H16FN3O2. The van der Waals surface area contributed by atoms with Gasteiger partial charge in [-0.25, -0.2) is 4.39 Å². The highest BCUT2D eigenvalue weighted by Crippen LogP contribution is 2.35. The Morgan fingerprint density at radius 1 is 1.26 bits per heavy atom. The zero-order valence-electron chi connectivity index (χ0n) is 14.6. The summed E-state index contributed by atoms with van der Waals surface area (Å²) < 4.78 is 20.6. The number of ether oxygens (including phenoxy) is 1. The van der Waals surface area contributed by atoms with Gasteiger partial charge in [-0.15, -0.1) is 0 Å². The molecule has 1 heterocycles. The molecule has 6 heteroatoms. The number of carbonyl (C=O) groups excluding carboxylic acids is 1. The van der Waals surface area contributed by atoms with Crippen molar-refractivity contribution in [3.8, 4) is 22.9 Å². The van der Waals surface area contributed by atoms with E-state index in [1.807, 2.05) is 0 Å². The van der Waals surface area contributed by atoms with Crippen molar-refractivity contribution in [3.05, 3.63) is 82.9 Å². The van der Waals surface area contributed by atoms with Gasteiger partial charge in [0.2, 0.25) is 0 Å². The molecule has 27 heavy (non-hydrogen) atoms. The number of carbonyl (C=O) groups is 1. The molecule has 0 spiro atoms. The summed E-state index contributed by atoms with van der Waals surface area (Å²) in [7, 11) is 1.47. The Balaban J connectivity index is 2.02. The molecule has 0 aliphatic heterocycles. The van der Waals surface area contributed by atoms with Gasteiger partial charge in [-0.2, -0.15) is 5.26 Å². The Labute approximate surface area is 155 Å². The first-order chi connectivity index (χ1) is 13.0. The highest BCUT2D eigenvalue weighted by molar-refractivity contribution is 5.90. The summed E-state index contributed by atoms with van der Waals surface area (Å²) in [5.41, 5.74) is 7.82. The molecule has 134 valence electrons. The van der Waals surface area contributed by atoms with Crippen LogP contribution < -0.4 is 10.5 Å². The third-order valence-electron chi connectivity index (χ3n) is 4.16. The first kappa shape index (κ1) is 18.1. The molecule has 1 amide bonds. The molecule has 0 fully saturated rings. The van der Waals surface area contributed by atoms with Crippen molar-refractivity contribution in [3.63, 3.8) is 0 Å². The quantitative estimate of drug-likeness (QED) is 0.754. The van der Waals surface area contributed by atoms with E-state index in [1.165, 1.54) is 19.4 Å². The number of primary amides is 1. The fraction of sp³-hybridized carbons (Fsp3) is 0.0952. The number of halogens is 1. The van der Waals surface area contributed by atoms with Gasteiger partial charge in [0.15, 0.2) is 0 Å². The van der Waals surface area contributed by atoms with Gasteiger partial charge < -0.3 is 10.5 Å². The molecule has 5 nitrogen and oxygen atoms in total. The maximum atomic E-state index is 15.3. The number of nitriles is 1. The number of nitrogens with two attached hydrogens (primary N) is 1. The largest absolute Gasteiger partial charge is 0.496 e. The number of methoxy groups -OCH3 is 1. The molecule has 1 aromatic heterocycles. The standard InChI is InChI=1S/C21H16FN3O2/c1-27-18-8-6-16(10-14-5-7-17(21(24)26)25-12-14)20(22)19(18)15-4-2-3-13(9-15)11-23/h2-9,12H,10H2,1H3,(H2,24,26). The first-order valence-corrected chi connectivity index (χ1v) is 8.14. The van der Waals surface area contributed by atoms with Crippen LogP contribution in [0.2, 0.25) is 0 Å². The first-order valence-electron chi connectivity index (χ1n) is 8.14. The average molecular weight is 361 g/mol. The average Bonchev–Trinajstić information content (AvgIpc) is 2.69. The zero-order chi connectivity index (χ0) is 19.4. The van der Waals surface area contributed by atoms with E-state index in [9.17, 15) is 4.79 Å². The number of benzene rings is 2. The number of nitrogens with zero attached hydrogens (tertiary/aromatic N) is 2. The van der Waals surface area contributed by atoms with Crippen LogP contribution in [0.5, 0.6) is 5.75 Å². The predicted molar refractivity (Wildman–Crippen MR) is 98.7 cm³/mol. The fourth-order valence-corrected chi connectivity index (χ4v) is 2.82. The van der Waals surface area contributed by atoms with E-state index in [-0.39, 0.29) is 12.1 Å². The molecule has 3 aromatic rings. The SMILES string of the molecule is COc1ccc(Cc2ccc(C(N)=O)nc2)c(F)c1-c1cccc(C#N)c1. The number of aromatic nitrogens is 1. The summed E-state index contributed by atoms with van der Waals surface area (Å²) in [4.78, 5) is 15.1. The van der Waals surface area contributed by atoms with Crippen LogP contribution in [-0.4, -0.2) is 18.0 Å². The molecule has 0 aliphatic rings. The molecule has 0 atom stereocenters. The van der Waals surface area contributed by atoms with Crippen LogP contribution in [0.1, 0.15) is 27.2 Å². The molecule has 0 saturated heterocycles. The number of amides is 1. The second-order valence-corrected chi connectivity index (χ2v) is 5.90. The molecule has 0 bridgehead atoms. The Kier molecular flexibility index (Phi) is 5.13. The summed E-state index contributed by atoms with van der Waals surface area (Å²) in [5.74, 6) is -0.659. The molecular weight excluding hydrogens is 345 g/mol. The van der Waals surface area contributed by atoms with Crippen LogP contribution in [0.4, 0.5) is 4.39 Å². The minimum Gasteiger partial charge on any atom is -0.496 e. The Hall–Kier alpha value is -3.72. The van der Waals surface area contributed by atoms with Gasteiger partial charge in [0.25, 0.3) is 5.91 Å². The topological polar surface area (TPSA) is 89.0 Å². The van der Waals surface area contributed by atoms with Gasteiger partial charge in [0, 0.05) is 12.6 Å². The van der Waals surface area contributed by atoms with Gasteiger partial charge in [-0.3, -0.25) is 9.78 Å². The van der Waals surface area contributed by atoms with Crippen LogP contribution in [-0.2, 0) is 6.42 Å². The molecule has 3 rings (SSSR count). The normalized spacial score (nSPS) is 10.3. The van der Waals surface area contributed by atoms with Crippen molar-refractivity contribution in [2.24, 2.45) is 5.73 Å². The third-order valence-corrected chi connectivity index (χ3v) is 4.16. The van der Waals surface area contributed by atoms with E-state index in [0.717, 1.165) is 5.56 Å². The van der Waals surface area contributed by atoms with Gasteiger partial charge in [0.05, 0.1) is 24.3 Å². The van der Waals surface area contributed by atoms with Crippen molar-refractivity contribution in [1.82, 2.24) is 4.98 Å². The Bertz CT molecular complexity index is 1040. The van der Waals surface area contributed by atoms with Gasteiger partial charge in [0.1, 0.15) is 17.3 Å². The molecule has 2 N–H and O–H groups in total. The lowest BCUT2D eigenvalue weighted by Gasteiger charge is -2.14. The molecule has 0 aliphatic carbocycles. The smallest absolute Gasteiger partial charge is 0.267 e. The highest BCUT2D eigenvalue weighted by atomic mass is 19.1. The summed E-state index contributed by atoms with van der Waals surface area (Å²) >= 11 is 0. The molecule has 0 radical (unpaired) electrons. The Morgan fingerprint density at radius 2 is 2.07 bits per heavy atom. The highest BCUT2D eigenvalue weighted by Gasteiger charge is 2.17. The van der Waals surface area contributed by atoms with Crippen molar-refractivity contribution < 1.29 is 13.9 Å². The van der Waals surface area contributed by atoms with Gasteiger partial charge in [-0.05, 0) is 41.0 Å². The summed E-state index contributed by atoms with van der Waals surface area (Å²) in [6, 6.07) is 15.3. The van der Waals surface area contributed by atoms with Gasteiger partial charge in [-0.1, -0.05) is 24.3 Å². The minimum absolute atomic E-state index is 0.156. The lowest BCUT2D eigenvalue weighted by atomic mass is 9.96. The van der Waals surface area contributed by atoms with Crippen molar-refractivity contribution in [2.75, 3.05) is 7.11 Å². The van der Waals surface area contributed by atoms with Crippen molar-refractivity contribution >= 4 is 5.91 Å². The maximum Gasteiger partial charge on any atom is 0.267 e. The second-order valence-electron chi connectivity index (χ2n) is 5.90. The van der Waals surface area contributed by atoms with Gasteiger partial charge >= 0.3 is 0 Å². The number of rotatable bonds is 5. The summed E-state index contributed by atoms with van der Waals surface area (Å²) in [5, 5.41) is 9.10. The minimum atomic E-state index is -0.614. The lowest BCUT2D eigenvalue weighted by Crippen LogP contribution is -2.12. The predicted octanol–water partition coefficient (Wildman–Crippen LogP) is 3.46. The van der Waals surface area contributed by atoms with E-state index in [4.69, 9.17) is 15.7 Å². The van der Waals surface area contributed by atoms with E-state index in [2.05, 4.69) is 11.1 Å². The number of hydrogen-bond donors (Lipinski definition) is 1. The molecule has 0 saturated carbocycles. The summed E-state index contributed by atoms with van der Waals surface area (Å²) in [6.45, 7) is 0. The van der Waals surface area contributed by atoms with Crippen LogP contribution in [0.15, 0.2) is 54.7 Å². The van der Waals surface area contributed by atoms with E-state index >= 15 is 4.39 Å². The van der Waals surface area contributed by atoms with Crippen LogP contribution in [0.3, 0.4) is 0 Å². The van der Waals surface area contributed by atoms with Crippen LogP contribution >= 0.6 is 0 Å². The third kappa shape index (κ3) is 3.77. The Morgan fingerprint density at radius 3 is 2.70 bits per heavy atom. The monoisotopic (exact) mass is 361 g/mol. The molecule has 0 unspecified atom stereocenters. The van der Waals surface area contributed by atoms with Crippen LogP contribution in [0, 0.1) is 17.1 Å². The lowest BCUT2D eigenvalue weighted by molar-refractivity contribution is 0.0995. The maximum absolute atomic E-state index is 15.3. The van der Waals surface area contributed by atoms with Crippen LogP contribution in [0.25, 0.3) is 11.1 Å².